The second-order valence-electron chi connectivity index (χ2n) is 5.11. The minimum Gasteiger partial charge on any atom is -0.507 e. The van der Waals surface area contributed by atoms with Crippen LogP contribution in [0.3, 0.4) is 0 Å². The molecule has 0 saturated carbocycles. The molecule has 3 aromatic rings. The van der Waals surface area contributed by atoms with Crippen LogP contribution in [0.5, 0.6) is 17.2 Å². The maximum atomic E-state index is 12.4. The summed E-state index contributed by atoms with van der Waals surface area (Å²) in [6.45, 7) is 4.22. The fraction of sp³-hybridized carbons (Fsp3) is 0.211. The van der Waals surface area contributed by atoms with Gasteiger partial charge in [-0.05, 0) is 13.0 Å². The van der Waals surface area contributed by atoms with Gasteiger partial charge in [-0.3, -0.25) is 4.79 Å². The quantitative estimate of drug-likeness (QED) is 0.580. The smallest absolute Gasteiger partial charge is 0.238 e. The molecule has 1 heterocycles. The van der Waals surface area contributed by atoms with Crippen molar-refractivity contribution in [2.45, 2.75) is 20.3 Å². The van der Waals surface area contributed by atoms with Gasteiger partial charge in [-0.2, -0.15) is 0 Å². The molecule has 2 aromatic carbocycles. The Kier molecular flexibility index (Phi) is 5.67. The Morgan fingerprint density at radius 3 is 2.28 bits per heavy atom. The Bertz CT molecular complexity index is 932. The molecule has 1 aromatic heterocycles. The van der Waals surface area contributed by atoms with Crippen molar-refractivity contribution in [2.75, 3.05) is 6.54 Å². The van der Waals surface area contributed by atoms with Crippen molar-refractivity contribution < 1.29 is 19.7 Å². The molecule has 0 aliphatic rings. The maximum absolute atomic E-state index is 12.4. The molecule has 6 heteroatoms. The fourth-order valence-electron chi connectivity index (χ4n) is 2.55. The average molecular weight is 343 g/mol. The summed E-state index contributed by atoms with van der Waals surface area (Å²) in [6.07, 6.45) is 0.255. The van der Waals surface area contributed by atoms with Gasteiger partial charge >= 0.3 is 0 Å². The van der Waals surface area contributed by atoms with E-state index in [0.29, 0.717) is 11.1 Å². The van der Waals surface area contributed by atoms with E-state index in [2.05, 4.69) is 0 Å². The fourth-order valence-corrected chi connectivity index (χ4v) is 2.55. The number of hydrogen-bond donors (Lipinski definition) is 4. The van der Waals surface area contributed by atoms with Gasteiger partial charge in [-0.1, -0.05) is 44.2 Å². The topological polar surface area (TPSA) is 117 Å². The second kappa shape index (κ2) is 7.72. The highest BCUT2D eigenvalue weighted by Gasteiger charge is 2.22. The van der Waals surface area contributed by atoms with E-state index in [1.54, 1.807) is 30.3 Å². The number of hydrogen-bond acceptors (Lipinski definition) is 6. The van der Waals surface area contributed by atoms with Crippen LogP contribution >= 0.6 is 0 Å². The minimum atomic E-state index is -0.763. The van der Waals surface area contributed by atoms with E-state index in [0.717, 1.165) is 6.07 Å². The summed E-state index contributed by atoms with van der Waals surface area (Å²) in [6, 6.07) is 9.66. The highest BCUT2D eigenvalue weighted by molar-refractivity contribution is 5.90. The van der Waals surface area contributed by atoms with Crippen LogP contribution in [-0.2, 0) is 6.42 Å². The van der Waals surface area contributed by atoms with Gasteiger partial charge in [0.05, 0.1) is 0 Å². The van der Waals surface area contributed by atoms with Crippen LogP contribution in [0.2, 0.25) is 0 Å². The van der Waals surface area contributed by atoms with E-state index in [-0.39, 0.29) is 35.4 Å². The van der Waals surface area contributed by atoms with Crippen molar-refractivity contribution in [3.05, 3.63) is 52.2 Å². The second-order valence-corrected chi connectivity index (χ2v) is 5.11. The van der Waals surface area contributed by atoms with Gasteiger partial charge < -0.3 is 25.5 Å². The molecule has 0 fully saturated rings. The van der Waals surface area contributed by atoms with Gasteiger partial charge in [0.2, 0.25) is 11.2 Å². The van der Waals surface area contributed by atoms with Crippen molar-refractivity contribution in [1.29, 1.82) is 0 Å². The van der Waals surface area contributed by atoms with Crippen molar-refractivity contribution in [3.8, 4) is 28.6 Å². The molecule has 0 unspecified atom stereocenters. The van der Waals surface area contributed by atoms with Gasteiger partial charge in [0, 0.05) is 17.2 Å². The van der Waals surface area contributed by atoms with E-state index < -0.39 is 16.9 Å². The highest BCUT2D eigenvalue weighted by atomic mass is 16.4. The average Bonchev–Trinajstić information content (AvgIpc) is 2.63. The molecule has 0 bridgehead atoms. The lowest BCUT2D eigenvalue weighted by Gasteiger charge is -2.11. The molecule has 0 amide bonds. The first-order chi connectivity index (χ1) is 12.0. The van der Waals surface area contributed by atoms with Crippen LogP contribution in [0.4, 0.5) is 0 Å². The molecule has 6 nitrogen and oxygen atoms in total. The summed E-state index contributed by atoms with van der Waals surface area (Å²) in [5.41, 5.74) is 5.61. The maximum Gasteiger partial charge on any atom is 0.238 e. The first-order valence-electron chi connectivity index (χ1n) is 8.03. The van der Waals surface area contributed by atoms with Crippen LogP contribution in [0.25, 0.3) is 22.3 Å². The molecular weight excluding hydrogens is 322 g/mol. The number of rotatable bonds is 3. The summed E-state index contributed by atoms with van der Waals surface area (Å²) in [4.78, 5) is 12.4. The summed E-state index contributed by atoms with van der Waals surface area (Å²) in [5, 5.41) is 29.9. The van der Waals surface area contributed by atoms with Crippen LogP contribution in [0.1, 0.15) is 19.4 Å². The third-order valence-corrected chi connectivity index (χ3v) is 3.63. The van der Waals surface area contributed by atoms with Crippen molar-refractivity contribution in [1.82, 2.24) is 0 Å². The molecule has 132 valence electrons. The number of nitrogens with two attached hydrogens (primary N) is 1. The van der Waals surface area contributed by atoms with E-state index in [9.17, 15) is 20.1 Å². The largest absolute Gasteiger partial charge is 0.507 e. The van der Waals surface area contributed by atoms with Crippen molar-refractivity contribution >= 4 is 11.0 Å². The minimum absolute atomic E-state index is 0.0219. The first kappa shape index (κ1) is 18.4. The SMILES string of the molecule is CC.NCCc1c(O)cc(O)c2c(=O)c(O)c(-c3ccccc3)oc12. The van der Waals surface area contributed by atoms with Gasteiger partial charge in [0.25, 0.3) is 0 Å². The normalized spacial score (nSPS) is 10.4. The molecule has 0 saturated heterocycles. The highest BCUT2D eigenvalue weighted by Crippen LogP contribution is 2.38. The monoisotopic (exact) mass is 343 g/mol. The van der Waals surface area contributed by atoms with Crippen LogP contribution in [0, 0.1) is 0 Å². The van der Waals surface area contributed by atoms with Crippen LogP contribution in [-0.4, -0.2) is 21.9 Å². The number of phenolic OH excluding ortho intramolecular Hbond substituents is 2. The zero-order valence-corrected chi connectivity index (χ0v) is 14.1. The van der Waals surface area contributed by atoms with E-state index in [1.165, 1.54) is 0 Å². The van der Waals surface area contributed by atoms with Crippen LogP contribution in [0.15, 0.2) is 45.6 Å². The Labute approximate surface area is 144 Å². The third kappa shape index (κ3) is 3.29. The number of phenols is 2. The zero-order valence-electron chi connectivity index (χ0n) is 14.1. The standard InChI is InChI=1S/C17H15NO5.C2H6/c18-7-6-10-11(19)8-12(20)13-14(21)15(22)16(23-17(10)13)9-4-2-1-3-5-9;1-2/h1-5,8,19-20,22H,6-7,18H2;1-2H3. The molecule has 25 heavy (non-hydrogen) atoms. The predicted octanol–water partition coefficient (Wildman–Crippen LogP) is 3.10. The third-order valence-electron chi connectivity index (χ3n) is 3.63. The number of fused-ring (bicyclic) bond motifs is 1. The molecule has 0 atom stereocenters. The van der Waals surface area contributed by atoms with Crippen molar-refractivity contribution in [3.63, 3.8) is 0 Å². The summed E-state index contributed by atoms with van der Waals surface area (Å²) in [5.74, 6) is -1.29. The number of benzene rings is 2. The Morgan fingerprint density at radius 2 is 1.68 bits per heavy atom. The van der Waals surface area contributed by atoms with E-state index in [1.807, 2.05) is 13.8 Å². The van der Waals surface area contributed by atoms with Gasteiger partial charge in [0.1, 0.15) is 22.5 Å². The summed E-state index contributed by atoms with van der Waals surface area (Å²) in [7, 11) is 0. The molecule has 5 N–H and O–H groups in total. The lowest BCUT2D eigenvalue weighted by Crippen LogP contribution is -2.08. The van der Waals surface area contributed by atoms with Gasteiger partial charge in [-0.15, -0.1) is 0 Å². The zero-order chi connectivity index (χ0) is 18.6. The number of aromatic hydroxyl groups is 3. The molecule has 0 aliphatic carbocycles. The molecule has 3 rings (SSSR count). The van der Waals surface area contributed by atoms with Crippen LogP contribution < -0.4 is 11.2 Å². The molecular formula is C19H21NO5. The Hall–Kier alpha value is -2.99. The summed E-state index contributed by atoms with van der Waals surface area (Å²) >= 11 is 0. The van der Waals surface area contributed by atoms with Gasteiger partial charge in [0.15, 0.2) is 5.76 Å². The van der Waals surface area contributed by atoms with Gasteiger partial charge in [-0.25, -0.2) is 0 Å². The lowest BCUT2D eigenvalue weighted by molar-refractivity contribution is 0.435. The lowest BCUT2D eigenvalue weighted by atomic mass is 10.0. The summed E-state index contributed by atoms with van der Waals surface area (Å²) < 4.78 is 5.68. The predicted molar refractivity (Wildman–Crippen MR) is 97.0 cm³/mol. The van der Waals surface area contributed by atoms with E-state index in [4.69, 9.17) is 10.2 Å². The van der Waals surface area contributed by atoms with E-state index >= 15 is 0 Å². The Morgan fingerprint density at radius 1 is 1.04 bits per heavy atom. The van der Waals surface area contributed by atoms with Crippen molar-refractivity contribution in [2.24, 2.45) is 5.73 Å². The first-order valence-corrected chi connectivity index (χ1v) is 8.03. The molecule has 0 spiro atoms. The molecule has 0 radical (unpaired) electrons. The molecule has 0 aliphatic heterocycles. The Balaban J connectivity index is 0.00000109.